The average Bonchev–Trinajstić information content (AvgIpc) is 2.93. The van der Waals surface area contributed by atoms with Crippen LogP contribution in [0.15, 0.2) is 42.6 Å². The highest BCUT2D eigenvalue weighted by Crippen LogP contribution is 2.15. The van der Waals surface area contributed by atoms with E-state index in [1.54, 1.807) is 28.8 Å². The van der Waals surface area contributed by atoms with Crippen LogP contribution in [0, 0.1) is 11.6 Å². The molecule has 2 heterocycles. The molecule has 0 unspecified atom stereocenters. The molecule has 0 radical (unpaired) electrons. The molecule has 0 amide bonds. The van der Waals surface area contributed by atoms with Crippen LogP contribution in [0.3, 0.4) is 0 Å². The van der Waals surface area contributed by atoms with Crippen LogP contribution >= 0.6 is 0 Å². The highest BCUT2D eigenvalue weighted by Gasteiger charge is 2.19. The fourth-order valence-electron chi connectivity index (χ4n) is 2.10. The van der Waals surface area contributed by atoms with E-state index in [1.807, 2.05) is 0 Å². The Morgan fingerprint density at radius 1 is 1.04 bits per heavy atom. The summed E-state index contributed by atoms with van der Waals surface area (Å²) in [6.07, 6.45) is 1.69. The molecule has 9 heteroatoms. The molecule has 0 spiro atoms. The smallest absolute Gasteiger partial charge is 0.216 e. The van der Waals surface area contributed by atoms with E-state index >= 15 is 0 Å². The normalized spacial score (nSPS) is 11.9. The van der Waals surface area contributed by atoms with Crippen molar-refractivity contribution in [2.45, 2.75) is 12.3 Å². The maximum Gasteiger partial charge on any atom is 0.216 e. The van der Waals surface area contributed by atoms with Crippen molar-refractivity contribution in [3.05, 3.63) is 65.6 Å². The minimum atomic E-state index is -3.94. The zero-order chi connectivity index (χ0) is 16.4. The van der Waals surface area contributed by atoms with Gasteiger partial charge in [-0.15, -0.1) is 10.2 Å². The van der Waals surface area contributed by atoms with Gasteiger partial charge >= 0.3 is 0 Å². The van der Waals surface area contributed by atoms with Gasteiger partial charge < -0.3 is 0 Å². The quantitative estimate of drug-likeness (QED) is 0.767. The second-order valence-corrected chi connectivity index (χ2v) is 6.63. The number of aromatic nitrogens is 3. The van der Waals surface area contributed by atoms with Crippen LogP contribution in [0.4, 0.5) is 8.78 Å². The molecular weight excluding hydrogens is 326 g/mol. The number of benzene rings is 1. The van der Waals surface area contributed by atoms with Crippen LogP contribution < -0.4 is 4.72 Å². The van der Waals surface area contributed by atoms with E-state index in [2.05, 4.69) is 14.9 Å². The van der Waals surface area contributed by atoms with Gasteiger partial charge in [0.05, 0.1) is 12.3 Å². The molecule has 3 rings (SSSR count). The second kappa shape index (κ2) is 6.01. The van der Waals surface area contributed by atoms with Gasteiger partial charge in [-0.1, -0.05) is 12.1 Å². The van der Waals surface area contributed by atoms with E-state index in [4.69, 9.17) is 0 Å². The minimum absolute atomic E-state index is 0.135. The Morgan fingerprint density at radius 3 is 2.52 bits per heavy atom. The Labute approximate surface area is 130 Å². The topological polar surface area (TPSA) is 76.4 Å². The number of pyridine rings is 1. The van der Waals surface area contributed by atoms with Gasteiger partial charge in [0, 0.05) is 11.8 Å². The van der Waals surface area contributed by atoms with Crippen molar-refractivity contribution in [2.75, 3.05) is 0 Å². The third kappa shape index (κ3) is 3.35. The number of nitrogens with one attached hydrogen (secondary N) is 1. The summed E-state index contributed by atoms with van der Waals surface area (Å²) in [4.78, 5) is 0. The Kier molecular flexibility index (Phi) is 4.05. The molecule has 2 aromatic heterocycles. The van der Waals surface area contributed by atoms with Crippen molar-refractivity contribution in [1.82, 2.24) is 19.3 Å². The van der Waals surface area contributed by atoms with Crippen LogP contribution in [-0.2, 0) is 22.3 Å². The molecule has 0 saturated carbocycles. The highest BCUT2D eigenvalue weighted by atomic mass is 32.2. The first-order valence-corrected chi connectivity index (χ1v) is 8.30. The molecule has 6 nitrogen and oxygen atoms in total. The van der Waals surface area contributed by atoms with Crippen LogP contribution in [0.25, 0.3) is 5.65 Å². The first kappa shape index (κ1) is 15.5. The zero-order valence-electron chi connectivity index (χ0n) is 11.8. The van der Waals surface area contributed by atoms with Crippen LogP contribution in [0.2, 0.25) is 0 Å². The molecule has 0 fully saturated rings. The van der Waals surface area contributed by atoms with Crippen LogP contribution in [0.1, 0.15) is 11.4 Å². The molecule has 1 aromatic carbocycles. The highest BCUT2D eigenvalue weighted by molar-refractivity contribution is 7.88. The number of hydrogen-bond donors (Lipinski definition) is 1. The van der Waals surface area contributed by atoms with Gasteiger partial charge in [-0.3, -0.25) is 4.40 Å². The Balaban J connectivity index is 1.77. The fraction of sp³-hybridized carbons (Fsp3) is 0.143. The number of rotatable bonds is 5. The Morgan fingerprint density at radius 2 is 1.78 bits per heavy atom. The largest absolute Gasteiger partial charge is 0.285 e. The first-order valence-electron chi connectivity index (χ1n) is 6.65. The maximum atomic E-state index is 13.5. The summed E-state index contributed by atoms with van der Waals surface area (Å²) < 4.78 is 55.0. The lowest BCUT2D eigenvalue weighted by molar-refractivity contribution is 0.550. The summed E-state index contributed by atoms with van der Waals surface area (Å²) in [5.74, 6) is -2.22. The van der Waals surface area contributed by atoms with Gasteiger partial charge in [0.1, 0.15) is 11.6 Å². The van der Waals surface area contributed by atoms with Crippen LogP contribution in [0.5, 0.6) is 0 Å². The number of fused-ring (bicyclic) bond motifs is 1. The van der Waals surface area contributed by atoms with Crippen LogP contribution in [-0.4, -0.2) is 23.0 Å². The lowest BCUT2D eigenvalue weighted by atomic mass is 10.2. The van der Waals surface area contributed by atoms with Crippen molar-refractivity contribution in [3.8, 4) is 0 Å². The number of halogens is 2. The van der Waals surface area contributed by atoms with E-state index in [-0.39, 0.29) is 6.54 Å². The fourth-order valence-corrected chi connectivity index (χ4v) is 3.20. The zero-order valence-corrected chi connectivity index (χ0v) is 12.6. The van der Waals surface area contributed by atoms with E-state index in [0.29, 0.717) is 11.5 Å². The standard InChI is InChI=1S/C14H12F2N4O2S/c15-11-4-3-5-12(16)10(11)9-23(21,22)17-8-14-19-18-13-6-1-2-7-20(13)14/h1-7,17H,8-9H2. The van der Waals surface area contributed by atoms with Crippen molar-refractivity contribution in [2.24, 2.45) is 0 Å². The summed E-state index contributed by atoms with van der Waals surface area (Å²) in [7, 11) is -3.94. The Hall–Kier alpha value is -2.39. The first-order chi connectivity index (χ1) is 11.0. The molecule has 23 heavy (non-hydrogen) atoms. The predicted octanol–water partition coefficient (Wildman–Crippen LogP) is 1.63. The molecule has 120 valence electrons. The molecule has 0 saturated heterocycles. The van der Waals surface area contributed by atoms with Crippen molar-refractivity contribution in [1.29, 1.82) is 0 Å². The third-order valence-corrected chi connectivity index (χ3v) is 4.48. The van der Waals surface area contributed by atoms with Gasteiger partial charge in [-0.05, 0) is 24.3 Å². The van der Waals surface area contributed by atoms with E-state index in [1.165, 1.54) is 6.07 Å². The van der Waals surface area contributed by atoms with Gasteiger partial charge in [0.15, 0.2) is 11.5 Å². The molecule has 0 aliphatic carbocycles. The molecule has 0 bridgehead atoms. The second-order valence-electron chi connectivity index (χ2n) is 4.83. The predicted molar refractivity (Wildman–Crippen MR) is 78.8 cm³/mol. The Bertz CT molecular complexity index is 936. The van der Waals surface area contributed by atoms with Gasteiger partial charge in [0.2, 0.25) is 10.0 Å². The molecule has 0 aliphatic rings. The monoisotopic (exact) mass is 338 g/mol. The lowest BCUT2D eigenvalue weighted by Crippen LogP contribution is -2.26. The summed E-state index contributed by atoms with van der Waals surface area (Å²) in [6, 6.07) is 8.46. The summed E-state index contributed by atoms with van der Waals surface area (Å²) in [5, 5.41) is 7.77. The summed E-state index contributed by atoms with van der Waals surface area (Å²) in [6.45, 7) is -0.135. The van der Waals surface area contributed by atoms with Crippen molar-refractivity contribution < 1.29 is 17.2 Å². The molecule has 0 atom stereocenters. The third-order valence-electron chi connectivity index (χ3n) is 3.23. The van der Waals surface area contributed by atoms with Gasteiger partial charge in [-0.2, -0.15) is 0 Å². The molecule has 3 aromatic rings. The number of sulfonamides is 1. The van der Waals surface area contributed by atoms with E-state index < -0.39 is 33.0 Å². The van der Waals surface area contributed by atoms with E-state index in [9.17, 15) is 17.2 Å². The molecular formula is C14H12F2N4O2S. The summed E-state index contributed by atoms with van der Waals surface area (Å²) in [5.41, 5.74) is 0.0768. The number of hydrogen-bond acceptors (Lipinski definition) is 4. The maximum absolute atomic E-state index is 13.5. The number of nitrogens with zero attached hydrogens (tertiary/aromatic N) is 3. The van der Waals surface area contributed by atoms with Crippen molar-refractivity contribution >= 4 is 15.7 Å². The van der Waals surface area contributed by atoms with Gasteiger partial charge in [-0.25, -0.2) is 21.9 Å². The molecule has 1 N–H and O–H groups in total. The molecule has 0 aliphatic heterocycles. The van der Waals surface area contributed by atoms with Gasteiger partial charge in [0.25, 0.3) is 0 Å². The summed E-state index contributed by atoms with van der Waals surface area (Å²) >= 11 is 0. The minimum Gasteiger partial charge on any atom is -0.285 e. The SMILES string of the molecule is O=S(=O)(Cc1c(F)cccc1F)NCc1nnc2ccccn12. The average molecular weight is 338 g/mol. The van der Waals surface area contributed by atoms with Crippen molar-refractivity contribution in [3.63, 3.8) is 0 Å². The lowest BCUT2D eigenvalue weighted by Gasteiger charge is -2.07. The van der Waals surface area contributed by atoms with E-state index in [0.717, 1.165) is 12.1 Å².